The molecular formula is C14H12N4O2. The third-order valence-corrected chi connectivity index (χ3v) is 3.20. The van der Waals surface area contributed by atoms with E-state index >= 15 is 0 Å². The number of rotatable bonds is 2. The Kier molecular flexibility index (Phi) is 2.64. The monoisotopic (exact) mass is 268 g/mol. The van der Waals surface area contributed by atoms with Gasteiger partial charge in [0, 0.05) is 5.69 Å². The van der Waals surface area contributed by atoms with Crippen molar-refractivity contribution in [1.82, 2.24) is 15.0 Å². The molecule has 3 N–H and O–H groups in total. The van der Waals surface area contributed by atoms with Gasteiger partial charge in [0.25, 0.3) is 0 Å². The first-order valence-corrected chi connectivity index (χ1v) is 6.02. The molecule has 6 heteroatoms. The number of nitrogen functional groups attached to an aromatic ring is 1. The first-order valence-electron chi connectivity index (χ1n) is 6.02. The van der Waals surface area contributed by atoms with Crippen molar-refractivity contribution in [3.05, 3.63) is 47.5 Å². The molecule has 0 unspecified atom stereocenters. The highest BCUT2D eigenvalue weighted by Crippen LogP contribution is 2.24. The molecule has 0 saturated carbocycles. The lowest BCUT2D eigenvalue weighted by Gasteiger charge is -2.09. The Bertz CT molecular complexity index is 823. The van der Waals surface area contributed by atoms with Gasteiger partial charge in [0.15, 0.2) is 0 Å². The van der Waals surface area contributed by atoms with E-state index in [1.165, 1.54) is 6.07 Å². The standard InChI is InChI=1S/C14H12N4O2/c1-8-6-9(7-10(13(8)15)14(19)20)18-12-5-3-2-4-11(12)16-17-18/h2-7H,15H2,1H3,(H,19,20). The van der Waals surface area contributed by atoms with Crippen molar-refractivity contribution >= 4 is 22.7 Å². The van der Waals surface area contributed by atoms with Crippen LogP contribution in [0.3, 0.4) is 0 Å². The fraction of sp³-hybridized carbons (Fsp3) is 0.0714. The number of nitrogens with two attached hydrogens (primary N) is 1. The molecule has 0 radical (unpaired) electrons. The van der Waals surface area contributed by atoms with Crippen molar-refractivity contribution in [3.8, 4) is 5.69 Å². The predicted molar refractivity (Wildman–Crippen MR) is 75.0 cm³/mol. The molecule has 0 atom stereocenters. The normalized spacial score (nSPS) is 10.8. The topological polar surface area (TPSA) is 94.0 Å². The molecule has 0 spiro atoms. The van der Waals surface area contributed by atoms with Gasteiger partial charge >= 0.3 is 5.97 Å². The molecular weight excluding hydrogens is 256 g/mol. The van der Waals surface area contributed by atoms with Crippen LogP contribution in [0.25, 0.3) is 16.7 Å². The zero-order valence-corrected chi connectivity index (χ0v) is 10.7. The molecule has 3 aromatic rings. The predicted octanol–water partition coefficient (Wildman–Crippen LogP) is 2.01. The van der Waals surface area contributed by atoms with Crippen LogP contribution in [-0.4, -0.2) is 26.1 Å². The maximum atomic E-state index is 11.2. The van der Waals surface area contributed by atoms with Gasteiger partial charge in [-0.2, -0.15) is 0 Å². The Balaban J connectivity index is 2.27. The highest BCUT2D eigenvalue weighted by Gasteiger charge is 2.14. The zero-order chi connectivity index (χ0) is 14.3. The largest absolute Gasteiger partial charge is 0.478 e. The quantitative estimate of drug-likeness (QED) is 0.693. The summed E-state index contributed by atoms with van der Waals surface area (Å²) in [6.45, 7) is 1.77. The Hall–Kier alpha value is -2.89. The number of nitrogens with zero attached hydrogens (tertiary/aromatic N) is 3. The Morgan fingerprint density at radius 2 is 2.05 bits per heavy atom. The third-order valence-electron chi connectivity index (χ3n) is 3.20. The van der Waals surface area contributed by atoms with Crippen LogP contribution in [0.15, 0.2) is 36.4 Å². The summed E-state index contributed by atoms with van der Waals surface area (Å²) < 4.78 is 1.61. The molecule has 0 aliphatic carbocycles. The second-order valence-corrected chi connectivity index (χ2v) is 4.52. The number of para-hydroxylation sites is 1. The summed E-state index contributed by atoms with van der Waals surface area (Å²) in [7, 11) is 0. The zero-order valence-electron chi connectivity index (χ0n) is 10.7. The highest BCUT2D eigenvalue weighted by molar-refractivity contribution is 5.95. The van der Waals surface area contributed by atoms with Gasteiger partial charge in [-0.25, -0.2) is 9.48 Å². The van der Waals surface area contributed by atoms with Crippen LogP contribution in [-0.2, 0) is 0 Å². The molecule has 0 amide bonds. The SMILES string of the molecule is Cc1cc(-n2nnc3ccccc32)cc(C(=O)O)c1N. The van der Waals surface area contributed by atoms with E-state index in [9.17, 15) is 9.90 Å². The lowest BCUT2D eigenvalue weighted by Crippen LogP contribution is -2.07. The number of carboxylic acids is 1. The van der Waals surface area contributed by atoms with Crippen molar-refractivity contribution in [2.24, 2.45) is 0 Å². The maximum absolute atomic E-state index is 11.2. The number of hydrogen-bond donors (Lipinski definition) is 2. The number of carboxylic acid groups (broad SMARTS) is 1. The van der Waals surface area contributed by atoms with Crippen molar-refractivity contribution in [1.29, 1.82) is 0 Å². The first-order chi connectivity index (χ1) is 9.58. The van der Waals surface area contributed by atoms with Crippen LogP contribution in [0.1, 0.15) is 15.9 Å². The molecule has 0 aliphatic rings. The van der Waals surface area contributed by atoms with Gasteiger partial charge in [-0.3, -0.25) is 0 Å². The van der Waals surface area contributed by atoms with E-state index in [-0.39, 0.29) is 11.3 Å². The highest BCUT2D eigenvalue weighted by atomic mass is 16.4. The lowest BCUT2D eigenvalue weighted by atomic mass is 10.1. The number of anilines is 1. The van der Waals surface area contributed by atoms with Crippen LogP contribution < -0.4 is 5.73 Å². The van der Waals surface area contributed by atoms with Gasteiger partial charge < -0.3 is 10.8 Å². The van der Waals surface area contributed by atoms with Crippen LogP contribution in [0, 0.1) is 6.92 Å². The maximum Gasteiger partial charge on any atom is 0.337 e. The molecule has 3 rings (SSSR count). The van der Waals surface area contributed by atoms with Gasteiger partial charge in [-0.05, 0) is 36.8 Å². The minimum Gasteiger partial charge on any atom is -0.478 e. The fourth-order valence-electron chi connectivity index (χ4n) is 2.14. The molecule has 0 aliphatic heterocycles. The van der Waals surface area contributed by atoms with Gasteiger partial charge in [0.05, 0.1) is 16.8 Å². The fourth-order valence-corrected chi connectivity index (χ4v) is 2.14. The smallest absolute Gasteiger partial charge is 0.337 e. The Labute approximate surface area is 114 Å². The van der Waals surface area contributed by atoms with Crippen LogP contribution in [0.2, 0.25) is 0 Å². The molecule has 2 aromatic carbocycles. The average molecular weight is 268 g/mol. The summed E-state index contributed by atoms with van der Waals surface area (Å²) in [5, 5.41) is 17.3. The molecule has 1 aromatic heterocycles. The van der Waals surface area contributed by atoms with E-state index in [2.05, 4.69) is 10.3 Å². The van der Waals surface area contributed by atoms with E-state index < -0.39 is 5.97 Å². The van der Waals surface area contributed by atoms with E-state index in [0.717, 1.165) is 11.0 Å². The molecule has 20 heavy (non-hydrogen) atoms. The van der Waals surface area contributed by atoms with Crippen molar-refractivity contribution < 1.29 is 9.90 Å². The van der Waals surface area contributed by atoms with Crippen LogP contribution in [0.5, 0.6) is 0 Å². The number of aryl methyl sites for hydroxylation is 1. The van der Waals surface area contributed by atoms with Gasteiger partial charge in [0.1, 0.15) is 5.52 Å². The number of aromatic nitrogens is 3. The van der Waals surface area contributed by atoms with E-state index in [1.54, 1.807) is 17.7 Å². The minimum absolute atomic E-state index is 0.0691. The Morgan fingerprint density at radius 3 is 2.80 bits per heavy atom. The second-order valence-electron chi connectivity index (χ2n) is 4.52. The summed E-state index contributed by atoms with van der Waals surface area (Å²) in [4.78, 5) is 11.2. The molecule has 6 nitrogen and oxygen atoms in total. The van der Waals surface area contributed by atoms with Gasteiger partial charge in [-0.15, -0.1) is 5.10 Å². The summed E-state index contributed by atoms with van der Waals surface area (Å²) in [6, 6.07) is 10.8. The third kappa shape index (κ3) is 1.78. The molecule has 1 heterocycles. The number of carbonyl (C=O) groups is 1. The average Bonchev–Trinajstić information content (AvgIpc) is 2.85. The number of hydrogen-bond acceptors (Lipinski definition) is 4. The van der Waals surface area contributed by atoms with Crippen molar-refractivity contribution in [3.63, 3.8) is 0 Å². The summed E-state index contributed by atoms with van der Waals surface area (Å²) >= 11 is 0. The molecule has 0 bridgehead atoms. The molecule has 100 valence electrons. The summed E-state index contributed by atoms with van der Waals surface area (Å²) in [5.41, 5.74) is 9.01. The number of aromatic carboxylic acids is 1. The number of fused-ring (bicyclic) bond motifs is 1. The van der Waals surface area contributed by atoms with Crippen molar-refractivity contribution in [2.75, 3.05) is 5.73 Å². The summed E-state index contributed by atoms with van der Waals surface area (Å²) in [6.07, 6.45) is 0. The molecule has 0 fully saturated rings. The van der Waals surface area contributed by atoms with E-state index in [0.29, 0.717) is 11.3 Å². The van der Waals surface area contributed by atoms with Gasteiger partial charge in [-0.1, -0.05) is 17.3 Å². The first kappa shape index (κ1) is 12.2. The minimum atomic E-state index is -1.06. The van der Waals surface area contributed by atoms with Crippen molar-refractivity contribution in [2.45, 2.75) is 6.92 Å². The Morgan fingerprint density at radius 1 is 1.30 bits per heavy atom. The second kappa shape index (κ2) is 4.34. The van der Waals surface area contributed by atoms with E-state index in [1.807, 2.05) is 24.3 Å². The van der Waals surface area contributed by atoms with Crippen LogP contribution in [0.4, 0.5) is 5.69 Å². The summed E-state index contributed by atoms with van der Waals surface area (Å²) in [5.74, 6) is -1.06. The molecule has 0 saturated heterocycles. The lowest BCUT2D eigenvalue weighted by molar-refractivity contribution is 0.0698. The van der Waals surface area contributed by atoms with Crippen LogP contribution >= 0.6 is 0 Å². The number of benzene rings is 2. The van der Waals surface area contributed by atoms with Gasteiger partial charge in [0.2, 0.25) is 0 Å². The van der Waals surface area contributed by atoms with E-state index in [4.69, 9.17) is 5.73 Å².